The minimum Gasteiger partial charge on any atom is -0.496 e. The van der Waals surface area contributed by atoms with Gasteiger partial charge in [0.2, 0.25) is 5.91 Å². The summed E-state index contributed by atoms with van der Waals surface area (Å²) in [5.41, 5.74) is 4.32. The SMILES string of the molecule is COc1cc2c(cc1CNC1CCCN(C[C@H](O)CO)[C@H]1c1ccccc1)N(C)C(=O)CC2. The Kier molecular flexibility index (Phi) is 7.65. The monoisotopic (exact) mass is 453 g/mol. The molecule has 0 spiro atoms. The maximum atomic E-state index is 12.2. The molecule has 33 heavy (non-hydrogen) atoms. The molecule has 7 heteroatoms. The normalized spacial score (nSPS) is 22.2. The Morgan fingerprint density at radius 2 is 2.00 bits per heavy atom. The Hall–Kier alpha value is -2.45. The van der Waals surface area contributed by atoms with E-state index in [1.54, 1.807) is 12.0 Å². The molecule has 0 bridgehead atoms. The van der Waals surface area contributed by atoms with Crippen LogP contribution in [-0.4, -0.2) is 67.0 Å². The minimum atomic E-state index is -0.760. The molecule has 1 saturated heterocycles. The zero-order chi connectivity index (χ0) is 23.4. The average Bonchev–Trinajstić information content (AvgIpc) is 2.85. The van der Waals surface area contributed by atoms with Crippen LogP contribution < -0.4 is 15.0 Å². The lowest BCUT2D eigenvalue weighted by atomic mass is 9.89. The predicted molar refractivity (Wildman–Crippen MR) is 128 cm³/mol. The number of benzene rings is 2. The van der Waals surface area contributed by atoms with Crippen molar-refractivity contribution in [2.75, 3.05) is 38.8 Å². The van der Waals surface area contributed by atoms with Crippen molar-refractivity contribution in [2.45, 2.75) is 50.4 Å². The molecule has 1 amide bonds. The van der Waals surface area contributed by atoms with Gasteiger partial charge in [-0.15, -0.1) is 0 Å². The van der Waals surface area contributed by atoms with E-state index in [2.05, 4.69) is 34.5 Å². The summed E-state index contributed by atoms with van der Waals surface area (Å²) in [6.45, 7) is 1.69. The molecule has 0 aromatic heterocycles. The van der Waals surface area contributed by atoms with Crippen LogP contribution >= 0.6 is 0 Å². The number of nitrogens with one attached hydrogen (secondary N) is 1. The van der Waals surface area contributed by atoms with Gasteiger partial charge < -0.3 is 25.2 Å². The number of piperidine rings is 1. The van der Waals surface area contributed by atoms with Gasteiger partial charge in [-0.1, -0.05) is 30.3 Å². The Morgan fingerprint density at radius 1 is 1.21 bits per heavy atom. The summed E-state index contributed by atoms with van der Waals surface area (Å²) in [7, 11) is 3.52. The van der Waals surface area contributed by atoms with Crippen LogP contribution in [0.1, 0.15) is 42.0 Å². The number of rotatable bonds is 8. The maximum absolute atomic E-state index is 12.2. The van der Waals surface area contributed by atoms with Gasteiger partial charge in [-0.05, 0) is 49.1 Å². The molecule has 3 atom stereocenters. The van der Waals surface area contributed by atoms with E-state index in [0.717, 1.165) is 48.4 Å². The van der Waals surface area contributed by atoms with E-state index in [-0.39, 0.29) is 24.6 Å². The van der Waals surface area contributed by atoms with Crippen LogP contribution in [0.25, 0.3) is 0 Å². The first-order valence-electron chi connectivity index (χ1n) is 11.8. The van der Waals surface area contributed by atoms with E-state index >= 15 is 0 Å². The van der Waals surface area contributed by atoms with Crippen molar-refractivity contribution in [3.05, 3.63) is 59.2 Å². The molecule has 2 aliphatic heterocycles. The van der Waals surface area contributed by atoms with Crippen LogP contribution in [0.4, 0.5) is 5.69 Å². The van der Waals surface area contributed by atoms with Crippen LogP contribution in [0.5, 0.6) is 5.75 Å². The van der Waals surface area contributed by atoms with Crippen molar-refractivity contribution < 1.29 is 19.7 Å². The number of nitrogens with zero attached hydrogens (tertiary/aromatic N) is 2. The quantitative estimate of drug-likeness (QED) is 0.569. The third-order valence-electron chi connectivity index (χ3n) is 6.91. The predicted octanol–water partition coefficient (Wildman–Crippen LogP) is 2.25. The Balaban J connectivity index is 1.57. The largest absolute Gasteiger partial charge is 0.496 e. The number of amides is 1. The molecule has 2 aromatic rings. The Bertz CT molecular complexity index is 952. The lowest BCUT2D eigenvalue weighted by Gasteiger charge is -2.43. The van der Waals surface area contributed by atoms with Gasteiger partial charge in [0.15, 0.2) is 0 Å². The fraction of sp³-hybridized carbons (Fsp3) is 0.500. The molecule has 7 nitrogen and oxygen atoms in total. The first-order valence-corrected chi connectivity index (χ1v) is 11.8. The molecule has 1 fully saturated rings. The van der Waals surface area contributed by atoms with E-state index in [1.165, 1.54) is 5.56 Å². The molecule has 2 aromatic carbocycles. The highest BCUT2D eigenvalue weighted by Gasteiger charge is 2.33. The number of methoxy groups -OCH3 is 1. The second kappa shape index (κ2) is 10.7. The average molecular weight is 454 g/mol. The van der Waals surface area contributed by atoms with E-state index < -0.39 is 6.10 Å². The summed E-state index contributed by atoms with van der Waals surface area (Å²) < 4.78 is 5.70. The molecule has 0 radical (unpaired) electrons. The molecule has 3 N–H and O–H groups in total. The number of aryl methyl sites for hydroxylation is 1. The molecule has 0 saturated carbocycles. The molecule has 1 unspecified atom stereocenters. The summed E-state index contributed by atoms with van der Waals surface area (Å²) in [5, 5.41) is 23.3. The Morgan fingerprint density at radius 3 is 2.73 bits per heavy atom. The van der Waals surface area contributed by atoms with E-state index in [1.807, 2.05) is 25.2 Å². The third-order valence-corrected chi connectivity index (χ3v) is 6.91. The standard InChI is InChI=1S/C26H35N3O4/c1-28-23-13-20(24(33-2)14-19(23)10-11-25(28)32)15-27-22-9-6-12-29(16-21(31)17-30)26(22)18-7-4-3-5-8-18/h3-5,7-8,13-14,21-22,26-27,30-31H,6,9-12,15-17H2,1-2H3/t21-,22?,26-/m0/s1. The fourth-order valence-electron chi connectivity index (χ4n) is 5.19. The highest BCUT2D eigenvalue weighted by atomic mass is 16.5. The molecule has 4 rings (SSSR count). The number of β-amino-alcohol motifs (C(OH)–C–C–N with tert-alkyl or cyclic N) is 1. The second-order valence-electron chi connectivity index (χ2n) is 9.06. The first-order chi connectivity index (χ1) is 16.0. The summed E-state index contributed by atoms with van der Waals surface area (Å²) in [6, 6.07) is 14.8. The van der Waals surface area contributed by atoms with Crippen molar-refractivity contribution in [3.8, 4) is 5.75 Å². The number of fused-ring (bicyclic) bond motifs is 1. The minimum absolute atomic E-state index is 0.0917. The lowest BCUT2D eigenvalue weighted by molar-refractivity contribution is -0.118. The van der Waals surface area contributed by atoms with Crippen molar-refractivity contribution in [1.29, 1.82) is 0 Å². The summed E-state index contributed by atoms with van der Waals surface area (Å²) in [5.74, 6) is 0.977. The number of carbonyl (C=O) groups is 1. The van der Waals surface area contributed by atoms with Gasteiger partial charge in [0.1, 0.15) is 5.75 Å². The summed E-state index contributed by atoms with van der Waals surface area (Å²) >= 11 is 0. The van der Waals surface area contributed by atoms with Crippen molar-refractivity contribution >= 4 is 11.6 Å². The number of likely N-dealkylation sites (tertiary alicyclic amines) is 1. The number of ether oxygens (including phenoxy) is 1. The first kappa shape index (κ1) is 23.7. The second-order valence-corrected chi connectivity index (χ2v) is 9.06. The molecule has 2 aliphatic rings. The van der Waals surface area contributed by atoms with E-state index in [0.29, 0.717) is 19.5 Å². The topological polar surface area (TPSA) is 85.3 Å². The van der Waals surface area contributed by atoms with Gasteiger partial charge in [0, 0.05) is 43.9 Å². The number of hydrogen-bond acceptors (Lipinski definition) is 6. The number of carbonyl (C=O) groups excluding carboxylic acids is 1. The third kappa shape index (κ3) is 5.22. The smallest absolute Gasteiger partial charge is 0.227 e. The number of aliphatic hydroxyl groups excluding tert-OH is 2. The van der Waals surface area contributed by atoms with Gasteiger partial charge in [-0.3, -0.25) is 9.69 Å². The maximum Gasteiger partial charge on any atom is 0.227 e. The van der Waals surface area contributed by atoms with Crippen molar-refractivity contribution in [1.82, 2.24) is 10.2 Å². The number of anilines is 1. The van der Waals surface area contributed by atoms with Crippen LogP contribution in [-0.2, 0) is 17.8 Å². The van der Waals surface area contributed by atoms with E-state index in [4.69, 9.17) is 4.74 Å². The van der Waals surface area contributed by atoms with Crippen molar-refractivity contribution in [2.24, 2.45) is 0 Å². The van der Waals surface area contributed by atoms with Gasteiger partial charge in [0.25, 0.3) is 0 Å². The number of hydrogen-bond donors (Lipinski definition) is 3. The highest BCUT2D eigenvalue weighted by Crippen LogP contribution is 2.35. The summed E-state index contributed by atoms with van der Waals surface area (Å²) in [4.78, 5) is 16.2. The molecular weight excluding hydrogens is 418 g/mol. The zero-order valence-electron chi connectivity index (χ0n) is 19.5. The molecule has 0 aliphatic carbocycles. The molecule has 178 valence electrons. The van der Waals surface area contributed by atoms with Crippen LogP contribution in [0.2, 0.25) is 0 Å². The zero-order valence-corrected chi connectivity index (χ0v) is 19.5. The van der Waals surface area contributed by atoms with Gasteiger partial charge in [0.05, 0.1) is 25.9 Å². The van der Waals surface area contributed by atoms with Gasteiger partial charge in [-0.2, -0.15) is 0 Å². The van der Waals surface area contributed by atoms with Crippen LogP contribution in [0, 0.1) is 0 Å². The van der Waals surface area contributed by atoms with Crippen LogP contribution in [0.15, 0.2) is 42.5 Å². The van der Waals surface area contributed by atoms with Gasteiger partial charge in [-0.25, -0.2) is 0 Å². The molecule has 2 heterocycles. The van der Waals surface area contributed by atoms with Crippen LogP contribution in [0.3, 0.4) is 0 Å². The van der Waals surface area contributed by atoms with Crippen molar-refractivity contribution in [3.63, 3.8) is 0 Å². The fourth-order valence-corrected chi connectivity index (χ4v) is 5.19. The lowest BCUT2D eigenvalue weighted by Crippen LogP contribution is -2.50. The number of aliphatic hydroxyl groups is 2. The van der Waals surface area contributed by atoms with E-state index in [9.17, 15) is 15.0 Å². The molecular formula is C26H35N3O4. The van der Waals surface area contributed by atoms with Gasteiger partial charge >= 0.3 is 0 Å². The highest BCUT2D eigenvalue weighted by molar-refractivity contribution is 5.96. The Labute approximate surface area is 196 Å². The summed E-state index contributed by atoms with van der Waals surface area (Å²) in [6.07, 6.45) is 2.53.